The van der Waals surface area contributed by atoms with Crippen molar-refractivity contribution in [3.8, 4) is 5.75 Å². The number of methoxy groups -OCH3 is 1. The van der Waals surface area contributed by atoms with Gasteiger partial charge in [0.25, 0.3) is 5.91 Å². The maximum atomic E-state index is 12.5. The van der Waals surface area contributed by atoms with Gasteiger partial charge in [0.05, 0.1) is 19.3 Å². The maximum Gasteiger partial charge on any atom is 0.258 e. The lowest BCUT2D eigenvalue weighted by atomic mass is 10.1. The Labute approximate surface area is 128 Å². The number of carbonyl (C=O) groups excluding carboxylic acids is 2. The van der Waals surface area contributed by atoms with Gasteiger partial charge in [-0.2, -0.15) is 0 Å². The van der Waals surface area contributed by atoms with Crippen LogP contribution in [-0.4, -0.2) is 18.9 Å². The van der Waals surface area contributed by atoms with E-state index in [0.717, 1.165) is 16.8 Å². The van der Waals surface area contributed by atoms with Crippen LogP contribution in [0.25, 0.3) is 0 Å². The summed E-state index contributed by atoms with van der Waals surface area (Å²) in [5, 5.41) is 2.70. The predicted molar refractivity (Wildman–Crippen MR) is 84.3 cm³/mol. The molecule has 5 nitrogen and oxygen atoms in total. The quantitative estimate of drug-likeness (QED) is 0.947. The highest BCUT2D eigenvalue weighted by Crippen LogP contribution is 2.34. The Morgan fingerprint density at radius 1 is 1.23 bits per heavy atom. The summed E-state index contributed by atoms with van der Waals surface area (Å²) in [6, 6.07) is 12.9. The summed E-state index contributed by atoms with van der Waals surface area (Å²) >= 11 is 0. The van der Waals surface area contributed by atoms with Crippen molar-refractivity contribution in [1.29, 1.82) is 0 Å². The number of ether oxygens (including phenoxy) is 1. The zero-order chi connectivity index (χ0) is 15.7. The normalized spacial score (nSPS) is 13.0. The SMILES string of the molecule is COc1cc(N2Cc3ccccc3C2=O)ccc1NC(C)=O. The summed E-state index contributed by atoms with van der Waals surface area (Å²) in [5.41, 5.74) is 3.07. The molecule has 5 heteroatoms. The van der Waals surface area contributed by atoms with Crippen LogP contribution in [0.1, 0.15) is 22.8 Å². The molecular formula is C17H16N2O3. The maximum absolute atomic E-state index is 12.5. The highest BCUT2D eigenvalue weighted by atomic mass is 16.5. The van der Waals surface area contributed by atoms with Crippen LogP contribution in [0.3, 0.4) is 0 Å². The standard InChI is InChI=1S/C17H16N2O3/c1-11(20)18-15-8-7-13(9-16(15)22-2)19-10-12-5-3-4-6-14(12)17(19)21/h3-9H,10H2,1-2H3,(H,18,20). The Morgan fingerprint density at radius 2 is 2.00 bits per heavy atom. The van der Waals surface area contributed by atoms with Crippen LogP contribution in [0.5, 0.6) is 5.75 Å². The van der Waals surface area contributed by atoms with E-state index in [1.54, 1.807) is 23.1 Å². The van der Waals surface area contributed by atoms with E-state index >= 15 is 0 Å². The molecule has 1 N–H and O–H groups in total. The van der Waals surface area contributed by atoms with Crippen LogP contribution in [0.4, 0.5) is 11.4 Å². The van der Waals surface area contributed by atoms with E-state index in [9.17, 15) is 9.59 Å². The highest BCUT2D eigenvalue weighted by molar-refractivity contribution is 6.10. The minimum absolute atomic E-state index is 0.0232. The van der Waals surface area contributed by atoms with Gasteiger partial charge in [0.1, 0.15) is 5.75 Å². The summed E-state index contributed by atoms with van der Waals surface area (Å²) in [4.78, 5) is 25.4. The van der Waals surface area contributed by atoms with Crippen molar-refractivity contribution in [3.63, 3.8) is 0 Å². The zero-order valence-electron chi connectivity index (χ0n) is 12.4. The van der Waals surface area contributed by atoms with E-state index in [2.05, 4.69) is 5.32 Å². The van der Waals surface area contributed by atoms with Gasteiger partial charge in [0, 0.05) is 24.2 Å². The molecule has 22 heavy (non-hydrogen) atoms. The second-order valence-corrected chi connectivity index (χ2v) is 5.11. The van der Waals surface area contributed by atoms with Crippen molar-refractivity contribution in [2.45, 2.75) is 13.5 Å². The number of hydrogen-bond acceptors (Lipinski definition) is 3. The van der Waals surface area contributed by atoms with Crippen LogP contribution in [-0.2, 0) is 11.3 Å². The Morgan fingerprint density at radius 3 is 2.68 bits per heavy atom. The number of hydrogen-bond donors (Lipinski definition) is 1. The molecule has 0 aromatic heterocycles. The van der Waals surface area contributed by atoms with Gasteiger partial charge in [-0.05, 0) is 23.8 Å². The van der Waals surface area contributed by atoms with Gasteiger partial charge in [0.15, 0.2) is 0 Å². The van der Waals surface area contributed by atoms with E-state index in [-0.39, 0.29) is 11.8 Å². The molecule has 2 amide bonds. The fourth-order valence-corrected chi connectivity index (χ4v) is 2.60. The molecule has 0 bridgehead atoms. The predicted octanol–water partition coefficient (Wildman–Crippen LogP) is 2.81. The number of amides is 2. The third-order valence-corrected chi connectivity index (χ3v) is 3.63. The molecule has 0 radical (unpaired) electrons. The van der Waals surface area contributed by atoms with Gasteiger partial charge in [-0.15, -0.1) is 0 Å². The first-order valence-corrected chi connectivity index (χ1v) is 6.95. The summed E-state index contributed by atoms with van der Waals surface area (Å²) in [6.07, 6.45) is 0. The third-order valence-electron chi connectivity index (χ3n) is 3.63. The lowest BCUT2D eigenvalue weighted by Crippen LogP contribution is -2.23. The van der Waals surface area contributed by atoms with Crippen LogP contribution < -0.4 is 15.0 Å². The van der Waals surface area contributed by atoms with Gasteiger partial charge in [-0.1, -0.05) is 18.2 Å². The van der Waals surface area contributed by atoms with Gasteiger partial charge in [-0.25, -0.2) is 0 Å². The van der Waals surface area contributed by atoms with Crippen LogP contribution in [0, 0.1) is 0 Å². The summed E-state index contributed by atoms with van der Waals surface area (Å²) in [6.45, 7) is 1.98. The number of fused-ring (bicyclic) bond motifs is 1. The molecule has 0 saturated carbocycles. The molecule has 0 unspecified atom stereocenters. The Balaban J connectivity index is 1.94. The topological polar surface area (TPSA) is 58.6 Å². The molecule has 0 aliphatic carbocycles. The summed E-state index contributed by atoms with van der Waals surface area (Å²) in [7, 11) is 1.53. The van der Waals surface area contributed by atoms with E-state index in [4.69, 9.17) is 4.74 Å². The monoisotopic (exact) mass is 296 g/mol. The molecule has 1 aliphatic heterocycles. The van der Waals surface area contributed by atoms with Crippen LogP contribution in [0.15, 0.2) is 42.5 Å². The first-order valence-electron chi connectivity index (χ1n) is 6.95. The second kappa shape index (κ2) is 5.52. The van der Waals surface area contributed by atoms with E-state index in [1.165, 1.54) is 14.0 Å². The molecule has 2 aromatic rings. The minimum Gasteiger partial charge on any atom is -0.494 e. The molecular weight excluding hydrogens is 280 g/mol. The molecule has 112 valence electrons. The van der Waals surface area contributed by atoms with Crippen molar-refractivity contribution in [2.75, 3.05) is 17.3 Å². The molecule has 3 rings (SSSR count). The smallest absolute Gasteiger partial charge is 0.258 e. The molecule has 0 spiro atoms. The summed E-state index contributed by atoms with van der Waals surface area (Å²) < 4.78 is 5.31. The first-order chi connectivity index (χ1) is 10.6. The number of rotatable bonds is 3. The molecule has 1 aliphatic rings. The van der Waals surface area contributed by atoms with Crippen molar-refractivity contribution in [3.05, 3.63) is 53.6 Å². The third kappa shape index (κ3) is 2.41. The number of carbonyl (C=O) groups is 2. The largest absolute Gasteiger partial charge is 0.494 e. The van der Waals surface area contributed by atoms with Crippen molar-refractivity contribution in [2.24, 2.45) is 0 Å². The summed E-state index contributed by atoms with van der Waals surface area (Å²) in [5.74, 6) is 0.331. The average molecular weight is 296 g/mol. The van der Waals surface area contributed by atoms with Crippen LogP contribution in [0.2, 0.25) is 0 Å². The molecule has 0 atom stereocenters. The van der Waals surface area contributed by atoms with Gasteiger partial charge < -0.3 is 15.0 Å². The second-order valence-electron chi connectivity index (χ2n) is 5.11. The highest BCUT2D eigenvalue weighted by Gasteiger charge is 2.28. The van der Waals surface area contributed by atoms with Crippen molar-refractivity contribution in [1.82, 2.24) is 0 Å². The zero-order valence-corrected chi connectivity index (χ0v) is 12.4. The number of nitrogens with one attached hydrogen (secondary N) is 1. The number of anilines is 2. The fourth-order valence-electron chi connectivity index (χ4n) is 2.60. The number of nitrogens with zero attached hydrogens (tertiary/aromatic N) is 1. The first kappa shape index (κ1) is 14.1. The van der Waals surface area contributed by atoms with Gasteiger partial charge >= 0.3 is 0 Å². The van der Waals surface area contributed by atoms with Gasteiger partial charge in [-0.3, -0.25) is 9.59 Å². The Hall–Kier alpha value is -2.82. The Bertz CT molecular complexity index is 755. The van der Waals surface area contributed by atoms with E-state index in [0.29, 0.717) is 18.0 Å². The lowest BCUT2D eigenvalue weighted by molar-refractivity contribution is -0.114. The van der Waals surface area contributed by atoms with Crippen molar-refractivity contribution >= 4 is 23.2 Å². The van der Waals surface area contributed by atoms with E-state index < -0.39 is 0 Å². The van der Waals surface area contributed by atoms with Crippen molar-refractivity contribution < 1.29 is 14.3 Å². The molecule has 1 heterocycles. The average Bonchev–Trinajstić information content (AvgIpc) is 2.85. The molecule has 0 saturated heterocycles. The fraction of sp³-hybridized carbons (Fsp3) is 0.176. The minimum atomic E-state index is -0.171. The molecule has 2 aromatic carbocycles. The van der Waals surface area contributed by atoms with E-state index in [1.807, 2.05) is 24.3 Å². The van der Waals surface area contributed by atoms with Gasteiger partial charge in [0.2, 0.25) is 5.91 Å². The Kier molecular flexibility index (Phi) is 3.55. The lowest BCUT2D eigenvalue weighted by Gasteiger charge is -2.18. The molecule has 0 fully saturated rings. The number of benzene rings is 2. The van der Waals surface area contributed by atoms with Crippen LogP contribution >= 0.6 is 0 Å².